The zero-order chi connectivity index (χ0) is 18.1. The van der Waals surface area contributed by atoms with Crippen LogP contribution in [0.3, 0.4) is 0 Å². The molecule has 9 heteroatoms. The summed E-state index contributed by atoms with van der Waals surface area (Å²) < 4.78 is 7.73. The van der Waals surface area contributed by atoms with Crippen LogP contribution in [0.1, 0.15) is 30.9 Å². The lowest BCUT2D eigenvalue weighted by molar-refractivity contribution is 0.115. The number of aliphatic imine (C=N–C) groups is 1. The lowest BCUT2D eigenvalue weighted by Gasteiger charge is -2.22. The van der Waals surface area contributed by atoms with Crippen LogP contribution in [0.4, 0.5) is 0 Å². The molecule has 0 atom stereocenters. The van der Waals surface area contributed by atoms with Crippen LogP contribution in [0.15, 0.2) is 4.99 Å². The summed E-state index contributed by atoms with van der Waals surface area (Å²) in [6, 6.07) is 0. The highest BCUT2D eigenvalue weighted by atomic mass is 127. The van der Waals surface area contributed by atoms with Gasteiger partial charge in [-0.2, -0.15) is 11.8 Å². The second kappa shape index (κ2) is 12.8. The molecule has 1 aliphatic rings. The highest BCUT2D eigenvalue weighted by Gasteiger charge is 2.21. The molecule has 0 aromatic carbocycles. The van der Waals surface area contributed by atoms with Crippen molar-refractivity contribution in [3.63, 3.8) is 0 Å². The number of hydrogen-bond acceptors (Lipinski definition) is 5. The van der Waals surface area contributed by atoms with Gasteiger partial charge in [-0.15, -0.1) is 34.2 Å². The van der Waals surface area contributed by atoms with Gasteiger partial charge in [0.15, 0.2) is 11.8 Å². The molecule has 2 rings (SSSR count). The first-order valence-electron chi connectivity index (χ1n) is 9.02. The Bertz CT molecular complexity index is 549. The van der Waals surface area contributed by atoms with Gasteiger partial charge < -0.3 is 19.5 Å². The van der Waals surface area contributed by atoms with Gasteiger partial charge in [0, 0.05) is 33.8 Å². The number of aromatic nitrogens is 3. The number of likely N-dealkylation sites (N-methyl/N-ethyl adjacent to an activating group) is 1. The quantitative estimate of drug-likeness (QED) is 0.220. The molecular formula is C17H33IN6OS. The van der Waals surface area contributed by atoms with Gasteiger partial charge in [-0.3, -0.25) is 0 Å². The smallest absolute Gasteiger partial charge is 0.194 e. The molecular weight excluding hydrogens is 463 g/mol. The van der Waals surface area contributed by atoms with E-state index in [9.17, 15) is 0 Å². The number of guanidine groups is 1. The largest absolute Gasteiger partial charge is 0.379 e. The summed E-state index contributed by atoms with van der Waals surface area (Å²) in [6.45, 7) is 5.87. The van der Waals surface area contributed by atoms with Gasteiger partial charge in [0.05, 0.1) is 6.61 Å². The number of nitrogens with zero attached hydrogens (tertiary/aromatic N) is 5. The van der Waals surface area contributed by atoms with Crippen molar-refractivity contribution in [1.29, 1.82) is 0 Å². The summed E-state index contributed by atoms with van der Waals surface area (Å²) >= 11 is 1.87. The Morgan fingerprint density at radius 1 is 1.42 bits per heavy atom. The van der Waals surface area contributed by atoms with Crippen LogP contribution >= 0.6 is 35.7 Å². The van der Waals surface area contributed by atoms with Crippen LogP contribution in [-0.2, 0) is 18.3 Å². The molecule has 1 aliphatic carbocycles. The molecule has 0 radical (unpaired) electrons. The first-order valence-corrected chi connectivity index (χ1v) is 10.4. The number of ether oxygens (including phenoxy) is 1. The molecule has 1 heterocycles. The minimum Gasteiger partial charge on any atom is -0.379 e. The van der Waals surface area contributed by atoms with Gasteiger partial charge in [-0.05, 0) is 44.1 Å². The van der Waals surface area contributed by atoms with Gasteiger partial charge in [-0.1, -0.05) is 0 Å². The first-order chi connectivity index (χ1) is 12.1. The Morgan fingerprint density at radius 3 is 2.81 bits per heavy atom. The van der Waals surface area contributed by atoms with E-state index in [1.54, 1.807) is 0 Å². The molecule has 0 spiro atoms. The first kappa shape index (κ1) is 23.5. The summed E-state index contributed by atoms with van der Waals surface area (Å²) in [4.78, 5) is 6.87. The fourth-order valence-electron chi connectivity index (χ4n) is 2.30. The van der Waals surface area contributed by atoms with Crippen molar-refractivity contribution in [2.24, 2.45) is 18.0 Å². The van der Waals surface area contributed by atoms with E-state index in [-0.39, 0.29) is 24.0 Å². The predicted octanol–water partition coefficient (Wildman–Crippen LogP) is 2.30. The summed E-state index contributed by atoms with van der Waals surface area (Å²) in [5, 5.41) is 11.7. The van der Waals surface area contributed by atoms with Crippen LogP contribution in [0.2, 0.25) is 0 Å². The number of hydrogen-bond donors (Lipinski definition) is 1. The summed E-state index contributed by atoms with van der Waals surface area (Å²) in [5.74, 6) is 4.64. The van der Waals surface area contributed by atoms with Gasteiger partial charge in [0.25, 0.3) is 0 Å². The molecule has 150 valence electrons. The molecule has 0 saturated heterocycles. The Morgan fingerprint density at radius 2 is 2.19 bits per heavy atom. The van der Waals surface area contributed by atoms with E-state index in [2.05, 4.69) is 33.7 Å². The van der Waals surface area contributed by atoms with Crippen molar-refractivity contribution in [2.75, 3.05) is 45.4 Å². The van der Waals surface area contributed by atoms with Crippen LogP contribution in [0.25, 0.3) is 0 Å². The van der Waals surface area contributed by atoms with Crippen molar-refractivity contribution < 1.29 is 4.74 Å². The zero-order valence-electron chi connectivity index (χ0n) is 16.4. The summed E-state index contributed by atoms with van der Waals surface area (Å²) in [5.41, 5.74) is 0. The average Bonchev–Trinajstić information content (AvgIpc) is 3.38. The van der Waals surface area contributed by atoms with Crippen LogP contribution in [-0.4, -0.2) is 71.0 Å². The Balaban J connectivity index is 0.00000338. The molecule has 26 heavy (non-hydrogen) atoms. The van der Waals surface area contributed by atoms with Gasteiger partial charge in [-0.25, -0.2) is 4.99 Å². The monoisotopic (exact) mass is 496 g/mol. The summed E-state index contributed by atoms with van der Waals surface area (Å²) in [7, 11) is 4.03. The number of rotatable bonds is 11. The predicted molar refractivity (Wildman–Crippen MR) is 119 cm³/mol. The van der Waals surface area contributed by atoms with E-state index in [0.717, 1.165) is 62.0 Å². The molecule has 1 aromatic rings. The third-order valence-corrected chi connectivity index (χ3v) is 5.04. The molecule has 1 aromatic heterocycles. The molecule has 7 nitrogen and oxygen atoms in total. The van der Waals surface area contributed by atoms with E-state index in [0.29, 0.717) is 6.54 Å². The van der Waals surface area contributed by atoms with Crippen LogP contribution in [0, 0.1) is 12.8 Å². The molecule has 1 fully saturated rings. The third-order valence-electron chi connectivity index (χ3n) is 4.34. The number of thioether (sulfide) groups is 1. The van der Waals surface area contributed by atoms with Crippen LogP contribution in [0.5, 0.6) is 0 Å². The maximum atomic E-state index is 5.75. The molecule has 0 bridgehead atoms. The number of aryl methyl sites for hydroxylation is 1. The minimum atomic E-state index is 0. The number of halogens is 1. The molecule has 0 unspecified atom stereocenters. The second-order valence-corrected chi connectivity index (χ2v) is 7.56. The van der Waals surface area contributed by atoms with E-state index in [1.807, 2.05) is 30.3 Å². The lowest BCUT2D eigenvalue weighted by atomic mass is 10.4. The molecule has 1 N–H and O–H groups in total. The zero-order valence-corrected chi connectivity index (χ0v) is 19.5. The Kier molecular flexibility index (Phi) is 11.5. The van der Waals surface area contributed by atoms with Gasteiger partial charge in [0.1, 0.15) is 12.4 Å². The highest BCUT2D eigenvalue weighted by molar-refractivity contribution is 14.0. The Labute approximate surface area is 178 Å². The van der Waals surface area contributed by atoms with Crippen LogP contribution < -0.4 is 5.32 Å². The fraction of sp³-hybridized carbons (Fsp3) is 0.824. The molecule has 1 saturated carbocycles. The maximum absolute atomic E-state index is 5.75. The van der Waals surface area contributed by atoms with Crippen molar-refractivity contribution in [1.82, 2.24) is 25.0 Å². The second-order valence-electron chi connectivity index (χ2n) is 6.58. The van der Waals surface area contributed by atoms with Gasteiger partial charge in [0.2, 0.25) is 0 Å². The minimum absolute atomic E-state index is 0. The Hall–Kier alpha value is -0.550. The van der Waals surface area contributed by atoms with E-state index >= 15 is 0 Å². The number of nitrogens with one attached hydrogen (secondary N) is 1. The fourth-order valence-corrected chi connectivity index (χ4v) is 2.74. The average molecular weight is 496 g/mol. The highest BCUT2D eigenvalue weighted by Crippen LogP contribution is 2.28. The van der Waals surface area contributed by atoms with Crippen molar-refractivity contribution in [3.05, 3.63) is 11.6 Å². The topological polar surface area (TPSA) is 67.6 Å². The van der Waals surface area contributed by atoms with Crippen molar-refractivity contribution >= 4 is 41.7 Å². The van der Waals surface area contributed by atoms with Crippen molar-refractivity contribution in [2.45, 2.75) is 32.7 Å². The standard InChI is InChI=1S/C17H32N6OS.HI/c1-14-20-21-16(23(14)3)12-19-17(18-8-5-11-25-4)22(2)9-10-24-13-15-6-7-15;/h15H,5-13H2,1-4H3,(H,18,19);1H. The van der Waals surface area contributed by atoms with E-state index < -0.39 is 0 Å². The van der Waals surface area contributed by atoms with E-state index in [4.69, 9.17) is 9.73 Å². The van der Waals surface area contributed by atoms with Gasteiger partial charge >= 0.3 is 0 Å². The molecule has 0 amide bonds. The molecule has 0 aliphatic heterocycles. The van der Waals surface area contributed by atoms with E-state index in [1.165, 1.54) is 12.8 Å². The normalized spacial score (nSPS) is 14.2. The summed E-state index contributed by atoms with van der Waals surface area (Å²) in [6.07, 6.45) is 5.91. The maximum Gasteiger partial charge on any atom is 0.194 e. The lowest BCUT2D eigenvalue weighted by Crippen LogP contribution is -2.41. The third kappa shape index (κ3) is 8.43. The SMILES string of the molecule is CSCCCNC(=NCc1nnc(C)n1C)N(C)CCOCC1CC1.I. The van der Waals surface area contributed by atoms with Crippen molar-refractivity contribution in [3.8, 4) is 0 Å².